The number of nitrogens with one attached hydrogen (secondary N) is 1. The van der Waals surface area contributed by atoms with Gasteiger partial charge in [-0.15, -0.1) is 0 Å². The zero-order chi connectivity index (χ0) is 15.1. The Bertz CT molecular complexity index is 458. The number of carbonyl (C=O) groups is 1. The average Bonchev–Trinajstić information content (AvgIpc) is 2.51. The van der Waals surface area contributed by atoms with Crippen molar-refractivity contribution in [3.8, 4) is 0 Å². The predicted octanol–water partition coefficient (Wildman–Crippen LogP) is 3.78. The van der Waals surface area contributed by atoms with Crippen molar-refractivity contribution in [2.75, 3.05) is 6.54 Å². The van der Waals surface area contributed by atoms with E-state index in [1.807, 2.05) is 25.1 Å². The molecule has 2 atom stereocenters. The molecule has 0 amide bonds. The quantitative estimate of drug-likeness (QED) is 0.613. The third-order valence-electron chi connectivity index (χ3n) is 4.13. The summed E-state index contributed by atoms with van der Waals surface area (Å²) in [6.07, 6.45) is 6.80. The topological polar surface area (TPSA) is 38.3 Å². The molecular formula is C18H27NO2. The lowest BCUT2D eigenvalue weighted by Gasteiger charge is -2.26. The van der Waals surface area contributed by atoms with Crippen molar-refractivity contribution in [2.45, 2.75) is 64.5 Å². The summed E-state index contributed by atoms with van der Waals surface area (Å²) < 4.78 is 5.63. The highest BCUT2D eigenvalue weighted by atomic mass is 16.5. The van der Waals surface area contributed by atoms with Crippen LogP contribution in [0.5, 0.6) is 0 Å². The maximum absolute atomic E-state index is 12.4. The lowest BCUT2D eigenvalue weighted by molar-refractivity contribution is -0.151. The minimum Gasteiger partial charge on any atom is -0.461 e. The second kappa shape index (κ2) is 8.18. The molecule has 0 aliphatic carbocycles. The van der Waals surface area contributed by atoms with Crippen LogP contribution < -0.4 is 5.32 Å². The number of benzene rings is 1. The largest absolute Gasteiger partial charge is 0.461 e. The van der Waals surface area contributed by atoms with Crippen LogP contribution in [-0.2, 0) is 16.0 Å². The van der Waals surface area contributed by atoms with Crippen molar-refractivity contribution >= 4 is 5.97 Å². The SMILES string of the molecule is CCCCCCC(C)OC(=O)C1NCCc2ccccc21. The van der Waals surface area contributed by atoms with E-state index in [0.29, 0.717) is 0 Å². The fraction of sp³-hybridized carbons (Fsp3) is 0.611. The van der Waals surface area contributed by atoms with Gasteiger partial charge < -0.3 is 10.1 Å². The number of esters is 1. The first-order chi connectivity index (χ1) is 10.2. The Balaban J connectivity index is 1.86. The first-order valence-corrected chi connectivity index (χ1v) is 8.24. The smallest absolute Gasteiger partial charge is 0.328 e. The van der Waals surface area contributed by atoms with Crippen LogP contribution in [0.4, 0.5) is 0 Å². The summed E-state index contributed by atoms with van der Waals surface area (Å²) in [5, 5.41) is 3.28. The number of rotatable bonds is 7. The summed E-state index contributed by atoms with van der Waals surface area (Å²) in [5.74, 6) is -0.134. The highest BCUT2D eigenvalue weighted by Gasteiger charge is 2.27. The Labute approximate surface area is 128 Å². The molecule has 3 nitrogen and oxygen atoms in total. The summed E-state index contributed by atoms with van der Waals surface area (Å²) in [7, 11) is 0. The molecular weight excluding hydrogens is 262 g/mol. The van der Waals surface area contributed by atoms with Gasteiger partial charge in [-0.1, -0.05) is 50.5 Å². The number of hydrogen-bond donors (Lipinski definition) is 1. The molecule has 116 valence electrons. The zero-order valence-corrected chi connectivity index (χ0v) is 13.2. The lowest BCUT2D eigenvalue weighted by atomic mass is 9.94. The van der Waals surface area contributed by atoms with Gasteiger partial charge in [0.15, 0.2) is 0 Å². The van der Waals surface area contributed by atoms with Crippen LogP contribution in [0.15, 0.2) is 24.3 Å². The molecule has 1 aliphatic rings. The molecule has 0 saturated heterocycles. The maximum atomic E-state index is 12.4. The zero-order valence-electron chi connectivity index (χ0n) is 13.2. The summed E-state index contributed by atoms with van der Waals surface area (Å²) in [6, 6.07) is 7.85. The van der Waals surface area contributed by atoms with Crippen LogP contribution >= 0.6 is 0 Å². The molecule has 1 aliphatic heterocycles. The van der Waals surface area contributed by atoms with Crippen LogP contribution in [0, 0.1) is 0 Å². The average molecular weight is 289 g/mol. The Morgan fingerprint density at radius 2 is 2.14 bits per heavy atom. The molecule has 0 fully saturated rings. The van der Waals surface area contributed by atoms with Crippen LogP contribution in [0.2, 0.25) is 0 Å². The molecule has 21 heavy (non-hydrogen) atoms. The van der Waals surface area contributed by atoms with Crippen molar-refractivity contribution < 1.29 is 9.53 Å². The van der Waals surface area contributed by atoms with Gasteiger partial charge in [0.25, 0.3) is 0 Å². The molecule has 3 heteroatoms. The second-order valence-corrected chi connectivity index (χ2v) is 5.93. The molecule has 0 aromatic heterocycles. The molecule has 1 aromatic carbocycles. The number of unbranched alkanes of at least 4 members (excludes halogenated alkanes) is 3. The fourth-order valence-corrected chi connectivity index (χ4v) is 2.90. The highest BCUT2D eigenvalue weighted by Crippen LogP contribution is 2.24. The Kier molecular flexibility index (Phi) is 6.24. The number of carbonyl (C=O) groups excluding carboxylic acids is 1. The summed E-state index contributed by atoms with van der Waals surface area (Å²) in [4.78, 5) is 12.4. The Morgan fingerprint density at radius 1 is 1.33 bits per heavy atom. The molecule has 1 aromatic rings. The van der Waals surface area contributed by atoms with Crippen LogP contribution in [0.1, 0.15) is 63.1 Å². The molecule has 1 N–H and O–H groups in total. The highest BCUT2D eigenvalue weighted by molar-refractivity contribution is 5.78. The number of ether oxygens (including phenoxy) is 1. The van der Waals surface area contributed by atoms with Crippen molar-refractivity contribution in [2.24, 2.45) is 0 Å². The van der Waals surface area contributed by atoms with Crippen LogP contribution in [0.3, 0.4) is 0 Å². The number of hydrogen-bond acceptors (Lipinski definition) is 3. The standard InChI is InChI=1S/C18H27NO2/c1-3-4-5-6-9-14(2)21-18(20)17-16-11-8-7-10-15(16)12-13-19-17/h7-8,10-11,14,17,19H,3-6,9,12-13H2,1-2H3. The van der Waals surface area contributed by atoms with Gasteiger partial charge in [-0.25, -0.2) is 4.79 Å². The van der Waals surface area contributed by atoms with E-state index < -0.39 is 0 Å². The molecule has 1 heterocycles. The van der Waals surface area contributed by atoms with Crippen molar-refractivity contribution in [1.29, 1.82) is 0 Å². The molecule has 0 radical (unpaired) electrons. The van der Waals surface area contributed by atoms with Gasteiger partial charge in [-0.3, -0.25) is 0 Å². The normalized spacial score (nSPS) is 18.9. The van der Waals surface area contributed by atoms with Gasteiger partial charge in [0.05, 0.1) is 6.10 Å². The summed E-state index contributed by atoms with van der Waals surface area (Å²) in [5.41, 5.74) is 2.33. The van der Waals surface area contributed by atoms with Crippen molar-refractivity contribution in [1.82, 2.24) is 5.32 Å². The molecule has 0 saturated carbocycles. The third-order valence-corrected chi connectivity index (χ3v) is 4.13. The minimum atomic E-state index is -0.298. The van der Waals surface area contributed by atoms with Crippen LogP contribution in [0.25, 0.3) is 0 Å². The number of fused-ring (bicyclic) bond motifs is 1. The fourth-order valence-electron chi connectivity index (χ4n) is 2.90. The van der Waals surface area contributed by atoms with E-state index in [4.69, 9.17) is 4.74 Å². The van der Waals surface area contributed by atoms with Crippen LogP contribution in [-0.4, -0.2) is 18.6 Å². The molecule has 0 spiro atoms. The van der Waals surface area contributed by atoms with E-state index in [9.17, 15) is 4.79 Å². The van der Waals surface area contributed by atoms with Crippen molar-refractivity contribution in [3.63, 3.8) is 0 Å². The van der Waals surface area contributed by atoms with E-state index >= 15 is 0 Å². The lowest BCUT2D eigenvalue weighted by Crippen LogP contribution is -2.37. The first-order valence-electron chi connectivity index (χ1n) is 8.24. The maximum Gasteiger partial charge on any atom is 0.328 e. The van der Waals surface area contributed by atoms with Crippen molar-refractivity contribution in [3.05, 3.63) is 35.4 Å². The van der Waals surface area contributed by atoms with Gasteiger partial charge in [0.2, 0.25) is 0 Å². The van der Waals surface area contributed by atoms with Gasteiger partial charge in [0.1, 0.15) is 6.04 Å². The first kappa shape index (κ1) is 16.0. The molecule has 2 unspecified atom stereocenters. The minimum absolute atomic E-state index is 0.00486. The predicted molar refractivity (Wildman–Crippen MR) is 85.2 cm³/mol. The molecule has 0 bridgehead atoms. The van der Waals surface area contributed by atoms with Gasteiger partial charge in [0, 0.05) is 6.54 Å². The Morgan fingerprint density at radius 3 is 2.95 bits per heavy atom. The summed E-state index contributed by atoms with van der Waals surface area (Å²) in [6.45, 7) is 5.04. The molecule has 2 rings (SSSR count). The van der Waals surface area contributed by atoms with Gasteiger partial charge in [-0.2, -0.15) is 0 Å². The Hall–Kier alpha value is -1.35. The van der Waals surface area contributed by atoms with E-state index in [-0.39, 0.29) is 18.1 Å². The van der Waals surface area contributed by atoms with E-state index in [2.05, 4.69) is 18.3 Å². The van der Waals surface area contributed by atoms with Gasteiger partial charge in [-0.05, 0) is 37.3 Å². The third kappa shape index (κ3) is 4.57. The van der Waals surface area contributed by atoms with E-state index in [1.54, 1.807) is 0 Å². The van der Waals surface area contributed by atoms with E-state index in [1.165, 1.54) is 24.8 Å². The van der Waals surface area contributed by atoms with E-state index in [0.717, 1.165) is 31.4 Å². The second-order valence-electron chi connectivity index (χ2n) is 5.93. The summed E-state index contributed by atoms with van der Waals surface area (Å²) >= 11 is 0. The monoisotopic (exact) mass is 289 g/mol. The van der Waals surface area contributed by atoms with Gasteiger partial charge >= 0.3 is 5.97 Å².